The van der Waals surface area contributed by atoms with Gasteiger partial charge in [0, 0.05) is 58.5 Å². The van der Waals surface area contributed by atoms with E-state index in [1.807, 2.05) is 24.3 Å². The van der Waals surface area contributed by atoms with Gasteiger partial charge in [-0.05, 0) is 30.9 Å². The molecule has 1 amide bonds. The lowest BCUT2D eigenvalue weighted by molar-refractivity contribution is 0.00478. The van der Waals surface area contributed by atoms with Crippen molar-refractivity contribution in [1.29, 1.82) is 5.26 Å². The number of fused-ring (bicyclic) bond motifs is 1. The summed E-state index contributed by atoms with van der Waals surface area (Å²) in [7, 11) is 0. The molecule has 1 atom stereocenters. The smallest absolute Gasteiger partial charge is 0.328 e. The zero-order valence-corrected chi connectivity index (χ0v) is 17.6. The average Bonchev–Trinajstić information content (AvgIpc) is 3.32. The number of alkyl halides is 2. The molecule has 2 heterocycles. The van der Waals surface area contributed by atoms with E-state index in [0.29, 0.717) is 31.8 Å². The predicted octanol–water partition coefficient (Wildman–Crippen LogP) is 3.46. The number of amides is 1. The number of aromatic nitrogens is 2. The molecule has 1 aliphatic heterocycles. The third kappa shape index (κ3) is 4.96. The zero-order valence-electron chi connectivity index (χ0n) is 17.6. The molecule has 1 aromatic heterocycles. The van der Waals surface area contributed by atoms with Gasteiger partial charge in [-0.15, -0.1) is 0 Å². The van der Waals surface area contributed by atoms with E-state index in [1.54, 1.807) is 4.57 Å². The van der Waals surface area contributed by atoms with Gasteiger partial charge in [0.05, 0.1) is 17.1 Å². The maximum atomic E-state index is 13.4. The van der Waals surface area contributed by atoms with Gasteiger partial charge < -0.3 is 10.2 Å². The Balaban J connectivity index is 1.44. The first-order valence-corrected chi connectivity index (χ1v) is 10.9. The molecule has 7 nitrogen and oxygen atoms in total. The van der Waals surface area contributed by atoms with Gasteiger partial charge in [0.2, 0.25) is 11.9 Å². The van der Waals surface area contributed by atoms with Crippen LogP contribution in [0.2, 0.25) is 0 Å². The highest BCUT2D eigenvalue weighted by molar-refractivity contribution is 5.93. The number of nitrogens with zero attached hydrogens (tertiary/aromatic N) is 5. The number of piperazine rings is 1. The highest BCUT2D eigenvalue weighted by atomic mass is 19.3. The minimum absolute atomic E-state index is 0.0456. The lowest BCUT2D eigenvalue weighted by Gasteiger charge is -2.34. The van der Waals surface area contributed by atoms with Crippen molar-refractivity contribution in [2.24, 2.45) is 5.92 Å². The Morgan fingerprint density at radius 2 is 2.03 bits per heavy atom. The number of benzene rings is 1. The van der Waals surface area contributed by atoms with Gasteiger partial charge in [-0.2, -0.15) is 5.26 Å². The van der Waals surface area contributed by atoms with Crippen LogP contribution in [0.5, 0.6) is 0 Å². The number of anilines is 1. The maximum Gasteiger partial charge on any atom is 0.328 e. The van der Waals surface area contributed by atoms with Gasteiger partial charge in [-0.3, -0.25) is 4.90 Å². The largest absolute Gasteiger partial charge is 0.339 e. The van der Waals surface area contributed by atoms with Crippen molar-refractivity contribution in [2.75, 3.05) is 44.2 Å². The Labute approximate surface area is 180 Å². The number of halogens is 2. The number of hydrogen-bond donors (Lipinski definition) is 1. The van der Waals surface area contributed by atoms with Crippen LogP contribution in [0.1, 0.15) is 32.1 Å². The first kappa shape index (κ1) is 21.5. The third-order valence-corrected chi connectivity index (χ3v) is 6.28. The zero-order chi connectivity index (χ0) is 21.8. The lowest BCUT2D eigenvalue weighted by atomic mass is 10.0. The Hall–Kier alpha value is -2.73. The van der Waals surface area contributed by atoms with Crippen LogP contribution in [-0.4, -0.2) is 65.7 Å². The minimum atomic E-state index is -2.56. The molecule has 1 aromatic carbocycles. The van der Waals surface area contributed by atoms with Crippen LogP contribution in [0.15, 0.2) is 24.3 Å². The van der Waals surface area contributed by atoms with E-state index in [9.17, 15) is 13.6 Å². The summed E-state index contributed by atoms with van der Waals surface area (Å²) < 4.78 is 28.4. The number of imidazole rings is 1. The molecule has 1 saturated carbocycles. The summed E-state index contributed by atoms with van der Waals surface area (Å²) in [5.74, 6) is -2.00. The molecule has 2 aromatic rings. The molecule has 4 rings (SSSR count). The number of carbonyl (C=O) groups is 1. The molecular formula is C22H28F2N6O. The number of rotatable bonds is 6. The van der Waals surface area contributed by atoms with E-state index in [1.165, 1.54) is 0 Å². The minimum Gasteiger partial charge on any atom is -0.339 e. The topological polar surface area (TPSA) is 77.2 Å². The number of para-hydroxylation sites is 2. The van der Waals surface area contributed by atoms with E-state index in [4.69, 9.17) is 10.2 Å². The van der Waals surface area contributed by atoms with Crippen molar-refractivity contribution in [2.45, 2.75) is 38.0 Å². The maximum absolute atomic E-state index is 13.4. The highest BCUT2D eigenvalue weighted by Crippen LogP contribution is 2.40. The molecule has 2 fully saturated rings. The number of nitrogens with one attached hydrogen (secondary N) is 1. The van der Waals surface area contributed by atoms with Crippen molar-refractivity contribution in [3.63, 3.8) is 0 Å². The van der Waals surface area contributed by atoms with Gasteiger partial charge in [-0.25, -0.2) is 23.1 Å². The molecule has 166 valence electrons. The Morgan fingerprint density at radius 3 is 2.74 bits per heavy atom. The van der Waals surface area contributed by atoms with Crippen LogP contribution in [0.3, 0.4) is 0 Å². The van der Waals surface area contributed by atoms with Gasteiger partial charge in [0.1, 0.15) is 0 Å². The summed E-state index contributed by atoms with van der Waals surface area (Å²) in [5, 5.41) is 11.7. The SMILES string of the molecule is N#CCCN1CCN(c2nc3ccccc3n2C(=O)NCCC2CCC(F)(F)C2)CC1. The number of hydrogen-bond acceptors (Lipinski definition) is 5. The fraction of sp³-hybridized carbons (Fsp3) is 0.591. The molecule has 2 aliphatic rings. The van der Waals surface area contributed by atoms with Crippen molar-refractivity contribution < 1.29 is 13.6 Å². The van der Waals surface area contributed by atoms with Gasteiger partial charge in [0.25, 0.3) is 0 Å². The summed E-state index contributed by atoms with van der Waals surface area (Å²) >= 11 is 0. The number of carbonyl (C=O) groups excluding carboxylic acids is 1. The van der Waals surface area contributed by atoms with E-state index >= 15 is 0 Å². The fourth-order valence-electron chi connectivity index (χ4n) is 4.56. The summed E-state index contributed by atoms with van der Waals surface area (Å²) in [6.45, 7) is 4.18. The summed E-state index contributed by atoms with van der Waals surface area (Å²) in [6.07, 6.45) is 1.44. The van der Waals surface area contributed by atoms with Gasteiger partial charge in [-0.1, -0.05) is 12.1 Å². The molecule has 0 radical (unpaired) electrons. The second-order valence-corrected chi connectivity index (χ2v) is 8.46. The highest BCUT2D eigenvalue weighted by Gasteiger charge is 2.39. The van der Waals surface area contributed by atoms with Crippen LogP contribution < -0.4 is 10.2 Å². The Kier molecular flexibility index (Phi) is 6.37. The standard InChI is InChI=1S/C22H28F2N6O/c23-22(24)8-6-17(16-22)7-10-26-21(31)30-19-5-2-1-4-18(19)27-20(30)29-14-12-28(13-15-29)11-3-9-25/h1-2,4-5,17H,3,6-8,10-16H2,(H,26,31). The van der Waals surface area contributed by atoms with Crippen molar-refractivity contribution in [1.82, 2.24) is 19.8 Å². The van der Waals surface area contributed by atoms with Gasteiger partial charge >= 0.3 is 6.03 Å². The summed E-state index contributed by atoms with van der Waals surface area (Å²) in [5.41, 5.74) is 1.48. The van der Waals surface area contributed by atoms with Crippen LogP contribution >= 0.6 is 0 Å². The monoisotopic (exact) mass is 430 g/mol. The molecule has 1 N–H and O–H groups in total. The quantitative estimate of drug-likeness (QED) is 0.760. The predicted molar refractivity (Wildman–Crippen MR) is 114 cm³/mol. The second kappa shape index (κ2) is 9.18. The molecule has 9 heteroatoms. The van der Waals surface area contributed by atoms with Gasteiger partial charge in [0.15, 0.2) is 0 Å². The normalized spacial score (nSPS) is 21.3. The van der Waals surface area contributed by atoms with Crippen LogP contribution in [-0.2, 0) is 0 Å². The molecule has 1 unspecified atom stereocenters. The Bertz CT molecular complexity index is 961. The molecule has 1 saturated heterocycles. The van der Waals surface area contributed by atoms with Crippen molar-refractivity contribution in [3.8, 4) is 6.07 Å². The summed E-state index contributed by atoms with van der Waals surface area (Å²) in [6, 6.07) is 9.41. The first-order chi connectivity index (χ1) is 15.0. The second-order valence-electron chi connectivity index (χ2n) is 8.46. The molecule has 1 aliphatic carbocycles. The van der Waals surface area contributed by atoms with E-state index in [0.717, 1.165) is 43.8 Å². The molecule has 0 spiro atoms. The lowest BCUT2D eigenvalue weighted by Crippen LogP contribution is -2.48. The Morgan fingerprint density at radius 1 is 1.26 bits per heavy atom. The molecule has 31 heavy (non-hydrogen) atoms. The summed E-state index contributed by atoms with van der Waals surface area (Å²) in [4.78, 5) is 22.1. The van der Waals surface area contributed by atoms with Crippen LogP contribution in [0.4, 0.5) is 19.5 Å². The van der Waals surface area contributed by atoms with Crippen molar-refractivity contribution >= 4 is 23.0 Å². The number of nitriles is 1. The van der Waals surface area contributed by atoms with E-state index in [-0.39, 0.29) is 24.8 Å². The van der Waals surface area contributed by atoms with E-state index < -0.39 is 5.92 Å². The fourth-order valence-corrected chi connectivity index (χ4v) is 4.56. The van der Waals surface area contributed by atoms with Crippen molar-refractivity contribution in [3.05, 3.63) is 24.3 Å². The average molecular weight is 431 g/mol. The molecular weight excluding hydrogens is 402 g/mol. The first-order valence-electron chi connectivity index (χ1n) is 10.9. The molecule has 0 bridgehead atoms. The third-order valence-electron chi connectivity index (χ3n) is 6.28. The van der Waals surface area contributed by atoms with Crippen LogP contribution in [0, 0.1) is 17.2 Å². The van der Waals surface area contributed by atoms with E-state index in [2.05, 4.69) is 21.2 Å². The van der Waals surface area contributed by atoms with Crippen LogP contribution in [0.25, 0.3) is 11.0 Å².